The first-order valence-electron chi connectivity index (χ1n) is 10.1. The molecule has 0 amide bonds. The van der Waals surface area contributed by atoms with Gasteiger partial charge in [-0.3, -0.25) is 0 Å². The minimum atomic E-state index is -0.223. The molecule has 3 heterocycles. The molecular weight excluding hydrogens is 339 g/mol. The third-order valence-corrected chi connectivity index (χ3v) is 5.95. The van der Waals surface area contributed by atoms with Gasteiger partial charge in [0.2, 0.25) is 0 Å². The van der Waals surface area contributed by atoms with Crippen molar-refractivity contribution in [2.24, 2.45) is 5.92 Å². The van der Waals surface area contributed by atoms with Crippen molar-refractivity contribution < 1.29 is 4.39 Å². The number of anilines is 1. The summed E-state index contributed by atoms with van der Waals surface area (Å²) in [6, 6.07) is 8.61. The first kappa shape index (κ1) is 16.7. The lowest BCUT2D eigenvalue weighted by Crippen LogP contribution is -2.37. The summed E-state index contributed by atoms with van der Waals surface area (Å²) in [6.45, 7) is 4.50. The van der Waals surface area contributed by atoms with E-state index in [0.717, 1.165) is 42.8 Å². The molecule has 1 fully saturated rings. The van der Waals surface area contributed by atoms with Gasteiger partial charge in [0.05, 0.1) is 5.69 Å². The Morgan fingerprint density at radius 1 is 1.07 bits per heavy atom. The normalized spacial score (nSPS) is 20.1. The van der Waals surface area contributed by atoms with E-state index in [9.17, 15) is 4.39 Å². The van der Waals surface area contributed by atoms with Crippen LogP contribution in [0.4, 0.5) is 10.2 Å². The van der Waals surface area contributed by atoms with Gasteiger partial charge in [-0.25, -0.2) is 9.37 Å². The molecule has 140 valence electrons. The Bertz CT molecular complexity index is 976. The maximum absolute atomic E-state index is 13.3. The molecule has 2 aromatic heterocycles. The van der Waals surface area contributed by atoms with Crippen molar-refractivity contribution in [3.05, 3.63) is 47.4 Å². The fourth-order valence-corrected chi connectivity index (χ4v) is 4.59. The van der Waals surface area contributed by atoms with Gasteiger partial charge in [-0.05, 0) is 68.7 Å². The fourth-order valence-electron chi connectivity index (χ4n) is 4.59. The van der Waals surface area contributed by atoms with Crippen molar-refractivity contribution >= 4 is 11.5 Å². The number of benzene rings is 1. The van der Waals surface area contributed by atoms with Gasteiger partial charge in [0.1, 0.15) is 11.6 Å². The minimum absolute atomic E-state index is 0.223. The highest BCUT2D eigenvalue weighted by Crippen LogP contribution is 2.34. The number of nitrogens with zero attached hydrogens (tertiary/aromatic N) is 4. The molecule has 5 heteroatoms. The molecule has 0 spiro atoms. The van der Waals surface area contributed by atoms with Crippen molar-refractivity contribution in [3.63, 3.8) is 0 Å². The van der Waals surface area contributed by atoms with E-state index in [4.69, 9.17) is 10.1 Å². The maximum Gasteiger partial charge on any atom is 0.158 e. The molecule has 0 saturated carbocycles. The number of hydrogen-bond donors (Lipinski definition) is 0. The number of aryl methyl sites for hydroxylation is 1. The third kappa shape index (κ3) is 2.99. The van der Waals surface area contributed by atoms with Crippen LogP contribution in [-0.2, 0) is 12.8 Å². The summed E-state index contributed by atoms with van der Waals surface area (Å²) in [7, 11) is 0. The lowest BCUT2D eigenvalue weighted by molar-refractivity contribution is 0.440. The van der Waals surface area contributed by atoms with Crippen molar-refractivity contribution in [2.75, 3.05) is 18.0 Å². The Kier molecular flexibility index (Phi) is 4.10. The smallest absolute Gasteiger partial charge is 0.158 e. The zero-order valence-electron chi connectivity index (χ0n) is 15.8. The van der Waals surface area contributed by atoms with Gasteiger partial charge in [0, 0.05) is 36.0 Å². The number of piperidine rings is 1. The first-order chi connectivity index (χ1) is 13.2. The van der Waals surface area contributed by atoms with Crippen LogP contribution in [0, 0.1) is 11.7 Å². The largest absolute Gasteiger partial charge is 0.356 e. The first-order valence-corrected chi connectivity index (χ1v) is 10.1. The van der Waals surface area contributed by atoms with E-state index in [1.165, 1.54) is 54.9 Å². The number of fused-ring (bicyclic) bond motifs is 2. The lowest BCUT2D eigenvalue weighted by atomic mass is 9.94. The molecule has 4 nitrogen and oxygen atoms in total. The molecule has 5 rings (SSSR count). The topological polar surface area (TPSA) is 33.4 Å². The highest BCUT2D eigenvalue weighted by molar-refractivity contribution is 5.67. The highest BCUT2D eigenvalue weighted by atomic mass is 19.1. The predicted molar refractivity (Wildman–Crippen MR) is 106 cm³/mol. The Balaban J connectivity index is 1.68. The van der Waals surface area contributed by atoms with E-state index in [1.54, 1.807) is 12.1 Å². The van der Waals surface area contributed by atoms with Gasteiger partial charge in [-0.2, -0.15) is 9.61 Å². The summed E-state index contributed by atoms with van der Waals surface area (Å²) in [5, 5.41) is 4.91. The van der Waals surface area contributed by atoms with Crippen LogP contribution >= 0.6 is 0 Å². The third-order valence-electron chi connectivity index (χ3n) is 5.95. The van der Waals surface area contributed by atoms with E-state index in [1.807, 2.05) is 10.6 Å². The second kappa shape index (κ2) is 6.63. The summed E-state index contributed by atoms with van der Waals surface area (Å²) >= 11 is 0. The average Bonchev–Trinajstić information content (AvgIpc) is 3.10. The highest BCUT2D eigenvalue weighted by Gasteiger charge is 2.26. The summed E-state index contributed by atoms with van der Waals surface area (Å²) < 4.78 is 15.4. The van der Waals surface area contributed by atoms with Crippen LogP contribution in [0.3, 0.4) is 0 Å². The molecule has 0 bridgehead atoms. The zero-order chi connectivity index (χ0) is 18.4. The standard InChI is InChI=1S/C22H25FN4/c1-15-5-4-12-26(14-15)22-18-6-2-3-7-19(18)24-21-13-20(25-27(21)22)16-8-10-17(23)11-9-16/h8-11,13,15H,2-7,12,14H2,1H3/t15-/m0/s1. The quantitative estimate of drug-likeness (QED) is 0.664. The average molecular weight is 364 g/mol. The second-order valence-electron chi connectivity index (χ2n) is 8.07. The molecule has 3 aromatic rings. The van der Waals surface area contributed by atoms with Gasteiger partial charge in [0.15, 0.2) is 5.65 Å². The van der Waals surface area contributed by atoms with E-state index < -0.39 is 0 Å². The van der Waals surface area contributed by atoms with Crippen LogP contribution in [0.2, 0.25) is 0 Å². The molecule has 1 aromatic carbocycles. The number of hydrogen-bond acceptors (Lipinski definition) is 3. The van der Waals surface area contributed by atoms with Crippen molar-refractivity contribution in [3.8, 4) is 11.3 Å². The van der Waals surface area contributed by atoms with Crippen LogP contribution in [0.5, 0.6) is 0 Å². The van der Waals surface area contributed by atoms with E-state index >= 15 is 0 Å². The minimum Gasteiger partial charge on any atom is -0.356 e. The molecule has 1 atom stereocenters. The van der Waals surface area contributed by atoms with Gasteiger partial charge < -0.3 is 4.90 Å². The molecule has 1 saturated heterocycles. The SMILES string of the molecule is C[C@H]1CCCN(c2c3c(nc4cc(-c5ccc(F)cc5)nn24)CCCC3)C1. The molecule has 2 aliphatic rings. The van der Waals surface area contributed by atoms with E-state index in [2.05, 4.69) is 11.8 Å². The van der Waals surface area contributed by atoms with Gasteiger partial charge in [-0.15, -0.1) is 0 Å². The van der Waals surface area contributed by atoms with E-state index in [0.29, 0.717) is 5.92 Å². The molecule has 0 unspecified atom stereocenters. The maximum atomic E-state index is 13.3. The summed E-state index contributed by atoms with van der Waals surface area (Å²) in [6.07, 6.45) is 7.11. The Morgan fingerprint density at radius 2 is 1.89 bits per heavy atom. The van der Waals surface area contributed by atoms with Gasteiger partial charge >= 0.3 is 0 Å². The van der Waals surface area contributed by atoms with Crippen molar-refractivity contribution in [2.45, 2.75) is 45.4 Å². The lowest BCUT2D eigenvalue weighted by Gasteiger charge is -2.35. The summed E-state index contributed by atoms with van der Waals surface area (Å²) in [5.41, 5.74) is 5.32. The number of rotatable bonds is 2. The Hall–Kier alpha value is -2.43. The number of halogens is 1. The number of aromatic nitrogens is 3. The van der Waals surface area contributed by atoms with Crippen LogP contribution in [0.1, 0.15) is 43.9 Å². The van der Waals surface area contributed by atoms with Gasteiger partial charge in [-0.1, -0.05) is 6.92 Å². The zero-order valence-corrected chi connectivity index (χ0v) is 15.8. The summed E-state index contributed by atoms with van der Waals surface area (Å²) in [4.78, 5) is 7.48. The van der Waals surface area contributed by atoms with Crippen LogP contribution in [0.25, 0.3) is 16.9 Å². The molecule has 0 N–H and O–H groups in total. The van der Waals surface area contributed by atoms with Crippen LogP contribution < -0.4 is 4.90 Å². The summed E-state index contributed by atoms with van der Waals surface area (Å²) in [5.74, 6) is 1.72. The molecule has 1 aliphatic heterocycles. The Morgan fingerprint density at radius 3 is 2.70 bits per heavy atom. The van der Waals surface area contributed by atoms with Crippen LogP contribution in [0.15, 0.2) is 30.3 Å². The molecule has 0 radical (unpaired) electrons. The Labute approximate surface area is 159 Å². The van der Waals surface area contributed by atoms with E-state index in [-0.39, 0.29) is 5.82 Å². The van der Waals surface area contributed by atoms with Crippen molar-refractivity contribution in [1.29, 1.82) is 0 Å². The molecule has 27 heavy (non-hydrogen) atoms. The van der Waals surface area contributed by atoms with Crippen LogP contribution in [-0.4, -0.2) is 27.7 Å². The molecular formula is C22H25FN4. The monoisotopic (exact) mass is 364 g/mol. The fraction of sp³-hybridized carbons (Fsp3) is 0.455. The predicted octanol–water partition coefficient (Wildman–Crippen LogP) is 4.65. The van der Waals surface area contributed by atoms with Gasteiger partial charge in [0.25, 0.3) is 0 Å². The van der Waals surface area contributed by atoms with Crippen molar-refractivity contribution in [1.82, 2.24) is 14.6 Å². The molecule has 1 aliphatic carbocycles. The second-order valence-corrected chi connectivity index (χ2v) is 8.07.